The zero-order chi connectivity index (χ0) is 15.8. The van der Waals surface area contributed by atoms with Gasteiger partial charge in [-0.2, -0.15) is 4.98 Å². The van der Waals surface area contributed by atoms with Gasteiger partial charge >= 0.3 is 6.09 Å². The van der Waals surface area contributed by atoms with Crippen LogP contribution in [-0.2, 0) is 9.47 Å². The lowest BCUT2D eigenvalue weighted by atomic mass is 10.1. The van der Waals surface area contributed by atoms with E-state index in [0.717, 1.165) is 11.1 Å². The molecule has 2 heterocycles. The Kier molecular flexibility index (Phi) is 4.34. The average Bonchev–Trinajstić information content (AvgIpc) is 2.72. The number of ether oxygens (including phenoxy) is 2. The maximum absolute atomic E-state index is 13.9. The molecule has 2 atom stereocenters. The van der Waals surface area contributed by atoms with E-state index in [1.165, 1.54) is 0 Å². The third-order valence-corrected chi connectivity index (χ3v) is 3.09. The van der Waals surface area contributed by atoms with Crippen LogP contribution in [0.1, 0.15) is 27.7 Å². The largest absolute Gasteiger partial charge is 0.447 e. The van der Waals surface area contributed by atoms with Crippen molar-refractivity contribution in [3.63, 3.8) is 0 Å². The Bertz CT molecular complexity index is 550. The summed E-state index contributed by atoms with van der Waals surface area (Å²) in [7, 11) is 0. The minimum Gasteiger partial charge on any atom is -0.447 e. The van der Waals surface area contributed by atoms with E-state index in [1.807, 2.05) is 20.8 Å². The number of anilines is 1. The van der Waals surface area contributed by atoms with Gasteiger partial charge in [0.05, 0.1) is 17.9 Å². The molecule has 1 unspecified atom stereocenters. The molecule has 0 saturated carbocycles. The number of cyclic esters (lactones) is 1. The topological polar surface area (TPSA) is 64.6 Å². The molecule has 0 aromatic carbocycles. The van der Waals surface area contributed by atoms with Gasteiger partial charge in [0, 0.05) is 0 Å². The van der Waals surface area contributed by atoms with E-state index in [9.17, 15) is 9.18 Å². The van der Waals surface area contributed by atoms with Gasteiger partial charge in [0.15, 0.2) is 11.6 Å². The van der Waals surface area contributed by atoms with E-state index in [0.29, 0.717) is 0 Å². The molecule has 1 fully saturated rings. The Morgan fingerprint density at radius 1 is 1.57 bits per heavy atom. The van der Waals surface area contributed by atoms with Crippen LogP contribution in [0.25, 0.3) is 0 Å². The molecule has 1 aliphatic rings. The normalized spacial score (nSPS) is 20.6. The Labute approximate surface area is 127 Å². The van der Waals surface area contributed by atoms with Crippen molar-refractivity contribution in [1.82, 2.24) is 9.97 Å². The van der Waals surface area contributed by atoms with Crippen molar-refractivity contribution in [2.45, 2.75) is 45.4 Å². The molecular weight excluding hydrogens is 301 g/mol. The van der Waals surface area contributed by atoms with Gasteiger partial charge in [0.25, 0.3) is 0 Å². The fourth-order valence-electron chi connectivity index (χ4n) is 2.17. The Balaban J connectivity index is 2.31. The SMILES string of the molecule is C[C@@H](OC(C)(C)C)C1COC(=O)N1c1nc(Cl)ncc1F. The summed E-state index contributed by atoms with van der Waals surface area (Å²) in [5.74, 6) is -0.946. The van der Waals surface area contributed by atoms with Crippen LogP contribution in [0.5, 0.6) is 0 Å². The predicted octanol–water partition coefficient (Wildman–Crippen LogP) is 2.80. The van der Waals surface area contributed by atoms with E-state index >= 15 is 0 Å². The number of hydrogen-bond acceptors (Lipinski definition) is 5. The molecule has 1 aromatic heterocycles. The number of rotatable bonds is 3. The van der Waals surface area contributed by atoms with E-state index in [4.69, 9.17) is 21.1 Å². The van der Waals surface area contributed by atoms with E-state index in [1.54, 1.807) is 6.92 Å². The fraction of sp³-hybridized carbons (Fsp3) is 0.615. The minimum absolute atomic E-state index is 0.0944. The molecular formula is C13H17ClFN3O3. The van der Waals surface area contributed by atoms with Crippen molar-refractivity contribution in [1.29, 1.82) is 0 Å². The van der Waals surface area contributed by atoms with Gasteiger partial charge in [0.1, 0.15) is 12.6 Å². The summed E-state index contributed by atoms with van der Waals surface area (Å²) in [6.45, 7) is 7.58. The Hall–Kier alpha value is -1.47. The van der Waals surface area contributed by atoms with Gasteiger partial charge in [-0.15, -0.1) is 0 Å². The predicted molar refractivity (Wildman–Crippen MR) is 74.9 cm³/mol. The molecule has 0 N–H and O–H groups in total. The summed E-state index contributed by atoms with van der Waals surface area (Å²) < 4.78 is 24.7. The molecule has 1 amide bonds. The first-order chi connectivity index (χ1) is 9.69. The second kappa shape index (κ2) is 5.73. The van der Waals surface area contributed by atoms with Crippen LogP contribution < -0.4 is 4.90 Å². The number of nitrogens with zero attached hydrogens (tertiary/aromatic N) is 3. The van der Waals surface area contributed by atoms with E-state index < -0.39 is 23.6 Å². The van der Waals surface area contributed by atoms with Gasteiger partial charge in [0.2, 0.25) is 5.28 Å². The van der Waals surface area contributed by atoms with Crippen LogP contribution in [0.4, 0.5) is 15.0 Å². The van der Waals surface area contributed by atoms with Crippen molar-refractivity contribution in [2.24, 2.45) is 0 Å². The van der Waals surface area contributed by atoms with Crippen LogP contribution in [0.2, 0.25) is 5.28 Å². The van der Waals surface area contributed by atoms with Crippen LogP contribution in [-0.4, -0.2) is 40.4 Å². The number of aromatic nitrogens is 2. The van der Waals surface area contributed by atoms with Crippen molar-refractivity contribution in [2.75, 3.05) is 11.5 Å². The van der Waals surface area contributed by atoms with Gasteiger partial charge in [-0.3, -0.25) is 0 Å². The lowest BCUT2D eigenvalue weighted by Gasteiger charge is -2.31. The monoisotopic (exact) mass is 317 g/mol. The fourth-order valence-corrected chi connectivity index (χ4v) is 2.30. The van der Waals surface area contributed by atoms with Crippen molar-refractivity contribution in [3.05, 3.63) is 17.3 Å². The summed E-state index contributed by atoms with van der Waals surface area (Å²) in [5, 5.41) is -0.144. The Morgan fingerprint density at radius 3 is 2.86 bits per heavy atom. The molecule has 1 aliphatic heterocycles. The molecule has 8 heteroatoms. The molecule has 116 valence electrons. The molecule has 21 heavy (non-hydrogen) atoms. The van der Waals surface area contributed by atoms with Gasteiger partial charge < -0.3 is 9.47 Å². The summed E-state index contributed by atoms with van der Waals surface area (Å²) in [6, 6.07) is -0.489. The summed E-state index contributed by atoms with van der Waals surface area (Å²) >= 11 is 5.68. The Morgan fingerprint density at radius 2 is 2.24 bits per heavy atom. The smallest absolute Gasteiger partial charge is 0.416 e. The highest BCUT2D eigenvalue weighted by Crippen LogP contribution is 2.28. The molecule has 2 rings (SSSR count). The van der Waals surface area contributed by atoms with Crippen LogP contribution >= 0.6 is 11.6 Å². The molecule has 0 bridgehead atoms. The maximum atomic E-state index is 13.9. The van der Waals surface area contributed by atoms with Crippen LogP contribution in [0.15, 0.2) is 6.20 Å². The zero-order valence-corrected chi connectivity index (χ0v) is 13.0. The van der Waals surface area contributed by atoms with E-state index in [2.05, 4.69) is 9.97 Å². The summed E-state index contributed by atoms with van der Waals surface area (Å²) in [6.07, 6.45) is -0.134. The minimum atomic E-state index is -0.744. The molecule has 0 radical (unpaired) electrons. The molecule has 1 saturated heterocycles. The number of halogens is 2. The van der Waals surface area contributed by atoms with Crippen molar-refractivity contribution >= 4 is 23.5 Å². The van der Waals surface area contributed by atoms with E-state index in [-0.39, 0.29) is 23.8 Å². The molecule has 6 nitrogen and oxygen atoms in total. The number of carbonyl (C=O) groups excluding carboxylic acids is 1. The zero-order valence-electron chi connectivity index (χ0n) is 12.3. The van der Waals surface area contributed by atoms with Crippen LogP contribution in [0.3, 0.4) is 0 Å². The number of amides is 1. The first-order valence-electron chi connectivity index (χ1n) is 6.51. The second-order valence-corrected chi connectivity index (χ2v) is 6.10. The highest BCUT2D eigenvalue weighted by atomic mass is 35.5. The summed E-state index contributed by atoms with van der Waals surface area (Å²) in [5.41, 5.74) is -0.404. The molecule has 0 aliphatic carbocycles. The summed E-state index contributed by atoms with van der Waals surface area (Å²) in [4.78, 5) is 20.3. The van der Waals surface area contributed by atoms with Crippen molar-refractivity contribution in [3.8, 4) is 0 Å². The van der Waals surface area contributed by atoms with Gasteiger partial charge in [-0.1, -0.05) is 0 Å². The maximum Gasteiger partial charge on any atom is 0.416 e. The highest BCUT2D eigenvalue weighted by Gasteiger charge is 2.41. The number of hydrogen-bond donors (Lipinski definition) is 0. The van der Waals surface area contributed by atoms with Crippen LogP contribution in [0, 0.1) is 5.82 Å². The first-order valence-corrected chi connectivity index (χ1v) is 6.88. The molecule has 0 spiro atoms. The average molecular weight is 318 g/mol. The number of carbonyl (C=O) groups is 1. The quantitative estimate of drug-likeness (QED) is 0.802. The lowest BCUT2D eigenvalue weighted by Crippen LogP contribution is -2.45. The standard InChI is InChI=1S/C13H17ClFN3O3/c1-7(21-13(2,3)4)9-6-20-12(19)18(9)10-8(15)5-16-11(14)17-10/h5,7,9H,6H2,1-4H3/t7-,9?/m1/s1. The van der Waals surface area contributed by atoms with Gasteiger partial charge in [-0.05, 0) is 39.3 Å². The van der Waals surface area contributed by atoms with Gasteiger partial charge in [-0.25, -0.2) is 19.1 Å². The second-order valence-electron chi connectivity index (χ2n) is 5.76. The third-order valence-electron chi connectivity index (χ3n) is 2.91. The lowest BCUT2D eigenvalue weighted by molar-refractivity contribution is -0.0618. The molecule has 1 aromatic rings. The van der Waals surface area contributed by atoms with Crippen molar-refractivity contribution < 1.29 is 18.7 Å². The highest BCUT2D eigenvalue weighted by molar-refractivity contribution is 6.28. The first kappa shape index (κ1) is 15.9. The third kappa shape index (κ3) is 3.59.